The Morgan fingerprint density at radius 3 is 2.92 bits per heavy atom. The van der Waals surface area contributed by atoms with Crippen LogP contribution in [0.3, 0.4) is 0 Å². The largest absolute Gasteiger partial charge is 0.481 e. The van der Waals surface area contributed by atoms with Gasteiger partial charge in [-0.15, -0.1) is 21.5 Å². The van der Waals surface area contributed by atoms with E-state index in [1.807, 2.05) is 25.3 Å². The van der Waals surface area contributed by atoms with Gasteiger partial charge in [0.05, 0.1) is 28.7 Å². The lowest BCUT2D eigenvalue weighted by atomic mass is 10.2. The van der Waals surface area contributed by atoms with Gasteiger partial charge in [0, 0.05) is 0 Å². The molecule has 0 aliphatic rings. The summed E-state index contributed by atoms with van der Waals surface area (Å²) in [7, 11) is 0. The van der Waals surface area contributed by atoms with E-state index >= 15 is 0 Å². The van der Waals surface area contributed by atoms with Crippen LogP contribution in [0.25, 0.3) is 11.4 Å². The van der Waals surface area contributed by atoms with Gasteiger partial charge in [0.2, 0.25) is 5.16 Å². The third kappa shape index (κ3) is 3.41. The zero-order valence-electron chi connectivity index (χ0n) is 13.0. The quantitative estimate of drug-likeness (QED) is 0.534. The highest BCUT2D eigenvalue weighted by Crippen LogP contribution is 2.27. The summed E-state index contributed by atoms with van der Waals surface area (Å²) in [6, 6.07) is 3.80. The van der Waals surface area contributed by atoms with E-state index in [0.29, 0.717) is 16.7 Å². The van der Waals surface area contributed by atoms with Crippen LogP contribution in [0.4, 0.5) is 0 Å². The number of carbonyl (C=O) groups is 1. The molecule has 0 saturated heterocycles. The average Bonchev–Trinajstić information content (AvgIpc) is 3.23. The molecule has 0 radical (unpaired) electrons. The number of thiophene rings is 1. The molecule has 24 heavy (non-hydrogen) atoms. The predicted octanol–water partition coefficient (Wildman–Crippen LogP) is 3.28. The summed E-state index contributed by atoms with van der Waals surface area (Å²) in [5, 5.41) is 24.0. The molecule has 9 heteroatoms. The predicted molar refractivity (Wildman–Crippen MR) is 92.9 cm³/mol. The second kappa shape index (κ2) is 7.02. The minimum atomic E-state index is -0.923. The monoisotopic (exact) mass is 362 g/mol. The standard InChI is InChI=1S/C15H14N4O3S2/c1-9-4-6-23-12(9)7-16-19-14(11-3-5-22-10(11)2)17-18-15(19)24-8-13(20)21/h3-7H,8H2,1-2H3,(H,20,21)/b16-7-. The fourth-order valence-corrected chi connectivity index (χ4v) is 3.39. The first-order valence-electron chi connectivity index (χ1n) is 6.99. The van der Waals surface area contributed by atoms with E-state index < -0.39 is 5.97 Å². The van der Waals surface area contributed by atoms with Crippen LogP contribution in [0.15, 0.2) is 38.5 Å². The molecule has 0 bridgehead atoms. The molecule has 0 atom stereocenters. The molecule has 0 fully saturated rings. The fraction of sp³-hybridized carbons (Fsp3) is 0.200. The maximum Gasteiger partial charge on any atom is 0.313 e. The zero-order valence-corrected chi connectivity index (χ0v) is 14.6. The molecule has 0 amide bonds. The maximum atomic E-state index is 10.8. The lowest BCUT2D eigenvalue weighted by molar-refractivity contribution is -0.133. The SMILES string of the molecule is Cc1ccsc1/C=N\n1c(SCC(=O)O)nnc1-c1ccoc1C. The minimum absolute atomic E-state index is 0.115. The summed E-state index contributed by atoms with van der Waals surface area (Å²) in [5.74, 6) is 0.171. The summed E-state index contributed by atoms with van der Waals surface area (Å²) >= 11 is 2.65. The number of rotatable bonds is 6. The van der Waals surface area contributed by atoms with Crippen molar-refractivity contribution in [1.82, 2.24) is 14.9 Å². The Balaban J connectivity index is 2.01. The molecule has 0 unspecified atom stereocenters. The van der Waals surface area contributed by atoms with E-state index in [9.17, 15) is 4.79 Å². The summed E-state index contributed by atoms with van der Waals surface area (Å²) in [6.45, 7) is 3.83. The number of hydrogen-bond donors (Lipinski definition) is 1. The molecular weight excluding hydrogens is 348 g/mol. The van der Waals surface area contributed by atoms with Crippen molar-refractivity contribution in [3.05, 3.63) is 40.0 Å². The maximum absolute atomic E-state index is 10.8. The highest BCUT2D eigenvalue weighted by molar-refractivity contribution is 7.99. The van der Waals surface area contributed by atoms with Gasteiger partial charge in [-0.3, -0.25) is 4.79 Å². The van der Waals surface area contributed by atoms with E-state index in [-0.39, 0.29) is 5.75 Å². The lowest BCUT2D eigenvalue weighted by Crippen LogP contribution is -2.01. The Morgan fingerprint density at radius 1 is 1.46 bits per heavy atom. The van der Waals surface area contributed by atoms with Crippen molar-refractivity contribution in [1.29, 1.82) is 0 Å². The molecule has 0 aliphatic heterocycles. The van der Waals surface area contributed by atoms with Crippen molar-refractivity contribution in [2.45, 2.75) is 19.0 Å². The number of aliphatic carboxylic acids is 1. The molecule has 1 N–H and O–H groups in total. The van der Waals surface area contributed by atoms with Crippen molar-refractivity contribution in [3.63, 3.8) is 0 Å². The smallest absolute Gasteiger partial charge is 0.313 e. The van der Waals surface area contributed by atoms with Crippen molar-refractivity contribution in [2.24, 2.45) is 5.10 Å². The Bertz CT molecular complexity index is 894. The first-order valence-corrected chi connectivity index (χ1v) is 8.85. The molecule has 0 spiro atoms. The van der Waals surface area contributed by atoms with Crippen LogP contribution in [-0.2, 0) is 4.79 Å². The van der Waals surface area contributed by atoms with Gasteiger partial charge in [-0.1, -0.05) is 11.8 Å². The molecule has 3 aromatic rings. The van der Waals surface area contributed by atoms with Crippen molar-refractivity contribution in [2.75, 3.05) is 5.75 Å². The summed E-state index contributed by atoms with van der Waals surface area (Å²) in [6.07, 6.45) is 3.30. The second-order valence-corrected chi connectivity index (χ2v) is 6.79. The average molecular weight is 362 g/mol. The molecule has 3 heterocycles. The van der Waals surface area contributed by atoms with Crippen molar-refractivity contribution in [3.8, 4) is 11.4 Å². The Hall–Kier alpha value is -2.39. The lowest BCUT2D eigenvalue weighted by Gasteiger charge is -2.02. The van der Waals surface area contributed by atoms with Gasteiger partial charge in [-0.05, 0) is 36.9 Å². The van der Waals surface area contributed by atoms with Crippen molar-refractivity contribution < 1.29 is 14.3 Å². The summed E-state index contributed by atoms with van der Waals surface area (Å²) in [4.78, 5) is 11.9. The van der Waals surface area contributed by atoms with Crippen LogP contribution in [0, 0.1) is 13.8 Å². The third-order valence-electron chi connectivity index (χ3n) is 3.23. The van der Waals surface area contributed by atoms with Gasteiger partial charge >= 0.3 is 5.97 Å². The van der Waals surface area contributed by atoms with Crippen molar-refractivity contribution >= 4 is 35.3 Å². The molecule has 7 nitrogen and oxygen atoms in total. The van der Waals surface area contributed by atoms with Gasteiger partial charge in [-0.25, -0.2) is 0 Å². The van der Waals surface area contributed by atoms with Gasteiger partial charge in [0.15, 0.2) is 5.82 Å². The number of carboxylic acid groups (broad SMARTS) is 1. The number of hydrogen-bond acceptors (Lipinski definition) is 7. The highest BCUT2D eigenvalue weighted by atomic mass is 32.2. The molecule has 3 aromatic heterocycles. The molecule has 0 aromatic carbocycles. The van der Waals surface area contributed by atoms with Gasteiger partial charge in [0.25, 0.3) is 0 Å². The van der Waals surface area contributed by atoms with Gasteiger partial charge in [0.1, 0.15) is 5.76 Å². The fourth-order valence-electron chi connectivity index (χ4n) is 2.00. The van der Waals surface area contributed by atoms with Gasteiger partial charge in [-0.2, -0.15) is 9.78 Å². The molecule has 124 valence electrons. The van der Waals surface area contributed by atoms with E-state index in [2.05, 4.69) is 15.3 Å². The number of thioether (sulfide) groups is 1. The number of furan rings is 1. The van der Waals surface area contributed by atoms with E-state index in [1.165, 1.54) is 0 Å². The van der Waals surface area contributed by atoms with Crippen LogP contribution in [0.1, 0.15) is 16.2 Å². The number of carboxylic acids is 1. The normalized spacial score (nSPS) is 11.4. The van der Waals surface area contributed by atoms with Crippen LogP contribution in [0.5, 0.6) is 0 Å². The van der Waals surface area contributed by atoms with Crippen LogP contribution >= 0.6 is 23.1 Å². The van der Waals surface area contributed by atoms with E-state index in [0.717, 1.165) is 27.8 Å². The Labute approximate surface area is 146 Å². The molecular formula is C15H14N4O3S2. The Morgan fingerprint density at radius 2 is 2.29 bits per heavy atom. The zero-order chi connectivity index (χ0) is 17.1. The topological polar surface area (TPSA) is 93.5 Å². The summed E-state index contributed by atoms with van der Waals surface area (Å²) in [5.41, 5.74) is 1.89. The third-order valence-corrected chi connectivity index (χ3v) is 5.09. The van der Waals surface area contributed by atoms with E-state index in [4.69, 9.17) is 9.52 Å². The van der Waals surface area contributed by atoms with Crippen LogP contribution in [-0.4, -0.2) is 37.9 Å². The van der Waals surface area contributed by atoms with Gasteiger partial charge < -0.3 is 9.52 Å². The first kappa shape index (κ1) is 16.5. The van der Waals surface area contributed by atoms with Crippen LogP contribution in [0.2, 0.25) is 0 Å². The minimum Gasteiger partial charge on any atom is -0.481 e. The number of aryl methyl sites for hydroxylation is 2. The number of nitrogens with zero attached hydrogens (tertiary/aromatic N) is 4. The molecule has 3 rings (SSSR count). The second-order valence-electron chi connectivity index (χ2n) is 4.90. The van der Waals surface area contributed by atoms with Crippen LogP contribution < -0.4 is 0 Å². The molecule has 0 saturated carbocycles. The Kier molecular flexibility index (Phi) is 4.81. The first-order chi connectivity index (χ1) is 11.6. The van der Waals surface area contributed by atoms with E-state index in [1.54, 1.807) is 34.6 Å². The molecule has 0 aliphatic carbocycles. The summed E-state index contributed by atoms with van der Waals surface area (Å²) < 4.78 is 6.87. The highest BCUT2D eigenvalue weighted by Gasteiger charge is 2.18. The number of aromatic nitrogens is 3.